The van der Waals surface area contributed by atoms with E-state index < -0.39 is 0 Å². The molecule has 1 heteroatoms. The molecule has 0 aliphatic heterocycles. The molecule has 0 radical (unpaired) electrons. The molecule has 1 aromatic rings. The molecule has 15 heavy (non-hydrogen) atoms. The molecule has 0 nitrogen and oxygen atoms in total. The zero-order valence-electron chi connectivity index (χ0n) is 9.06. The Hall–Kier alpha value is -0.690. The van der Waals surface area contributed by atoms with E-state index >= 15 is 0 Å². The van der Waals surface area contributed by atoms with E-state index in [2.05, 4.69) is 42.5 Å². The first-order valence-electron chi connectivity index (χ1n) is 5.78. The average molecular weight is 218 g/mol. The summed E-state index contributed by atoms with van der Waals surface area (Å²) in [5.74, 6) is 2.20. The van der Waals surface area contributed by atoms with Gasteiger partial charge < -0.3 is 0 Å². The fourth-order valence-electron chi connectivity index (χ4n) is 1.98. The Labute approximate surface area is 96.8 Å². The molecule has 0 N–H and O–H groups in total. The van der Waals surface area contributed by atoms with Gasteiger partial charge in [0.15, 0.2) is 0 Å². The lowest BCUT2D eigenvalue weighted by molar-refractivity contribution is 0.469. The van der Waals surface area contributed by atoms with Crippen molar-refractivity contribution >= 4 is 11.8 Å². The molecule has 1 atom stereocenters. The molecule has 0 bridgehead atoms. The SMILES string of the molecule is C1=CC[C@@H](CCSc2ccccc2)CC1. The first kappa shape index (κ1) is 10.8. The molecule has 0 fully saturated rings. The van der Waals surface area contributed by atoms with Crippen molar-refractivity contribution in [2.24, 2.45) is 5.92 Å². The van der Waals surface area contributed by atoms with Gasteiger partial charge in [0.2, 0.25) is 0 Å². The topological polar surface area (TPSA) is 0 Å². The highest BCUT2D eigenvalue weighted by Crippen LogP contribution is 2.25. The van der Waals surface area contributed by atoms with Crippen LogP contribution in [0.2, 0.25) is 0 Å². The average Bonchev–Trinajstić information content (AvgIpc) is 2.32. The fraction of sp³-hybridized carbons (Fsp3) is 0.429. The Kier molecular flexibility index (Phi) is 4.34. The van der Waals surface area contributed by atoms with E-state index in [1.807, 2.05) is 11.8 Å². The van der Waals surface area contributed by atoms with Crippen molar-refractivity contribution in [1.29, 1.82) is 0 Å². The van der Waals surface area contributed by atoms with E-state index in [0.29, 0.717) is 0 Å². The minimum absolute atomic E-state index is 0.936. The lowest BCUT2D eigenvalue weighted by Crippen LogP contribution is -2.03. The van der Waals surface area contributed by atoms with E-state index in [9.17, 15) is 0 Å². The third kappa shape index (κ3) is 3.75. The minimum Gasteiger partial charge on any atom is -0.126 e. The van der Waals surface area contributed by atoms with Gasteiger partial charge in [-0.1, -0.05) is 30.4 Å². The molecule has 1 aliphatic rings. The Morgan fingerprint density at radius 3 is 2.73 bits per heavy atom. The maximum Gasteiger partial charge on any atom is 0.00719 e. The third-order valence-electron chi connectivity index (χ3n) is 2.92. The van der Waals surface area contributed by atoms with Gasteiger partial charge in [0.05, 0.1) is 0 Å². The van der Waals surface area contributed by atoms with Gasteiger partial charge in [-0.2, -0.15) is 0 Å². The summed E-state index contributed by atoms with van der Waals surface area (Å²) in [6.07, 6.45) is 10.0. The summed E-state index contributed by atoms with van der Waals surface area (Å²) in [5, 5.41) is 0. The zero-order valence-corrected chi connectivity index (χ0v) is 9.88. The Morgan fingerprint density at radius 1 is 1.13 bits per heavy atom. The zero-order chi connectivity index (χ0) is 10.3. The molecular formula is C14H18S. The largest absolute Gasteiger partial charge is 0.126 e. The molecule has 0 heterocycles. The maximum absolute atomic E-state index is 2.35. The maximum atomic E-state index is 2.35. The second kappa shape index (κ2) is 6.02. The van der Waals surface area contributed by atoms with Crippen molar-refractivity contribution in [1.82, 2.24) is 0 Å². The lowest BCUT2D eigenvalue weighted by Gasteiger charge is -2.16. The van der Waals surface area contributed by atoms with Crippen LogP contribution in [-0.4, -0.2) is 5.75 Å². The van der Waals surface area contributed by atoms with Gasteiger partial charge in [-0.05, 0) is 49.5 Å². The second-order valence-corrected chi connectivity index (χ2v) is 5.27. The molecule has 0 spiro atoms. The number of hydrogen-bond acceptors (Lipinski definition) is 1. The van der Waals surface area contributed by atoms with Crippen LogP contribution < -0.4 is 0 Å². The summed E-state index contributed by atoms with van der Waals surface area (Å²) in [7, 11) is 0. The van der Waals surface area contributed by atoms with Crippen molar-refractivity contribution in [3.8, 4) is 0 Å². The highest BCUT2D eigenvalue weighted by Gasteiger charge is 2.09. The van der Waals surface area contributed by atoms with Crippen LogP contribution in [0.4, 0.5) is 0 Å². The molecule has 1 aliphatic carbocycles. The van der Waals surface area contributed by atoms with Crippen LogP contribution in [0.5, 0.6) is 0 Å². The predicted octanol–water partition coefficient (Wildman–Crippen LogP) is 4.53. The monoisotopic (exact) mass is 218 g/mol. The van der Waals surface area contributed by atoms with Crippen LogP contribution in [-0.2, 0) is 0 Å². The predicted molar refractivity (Wildman–Crippen MR) is 68.3 cm³/mol. The lowest BCUT2D eigenvalue weighted by atomic mass is 9.92. The van der Waals surface area contributed by atoms with Crippen LogP contribution in [0.1, 0.15) is 25.7 Å². The molecule has 0 aromatic heterocycles. The molecule has 80 valence electrons. The van der Waals surface area contributed by atoms with Gasteiger partial charge in [0, 0.05) is 4.90 Å². The fourth-order valence-corrected chi connectivity index (χ4v) is 3.02. The van der Waals surface area contributed by atoms with E-state index in [1.165, 1.54) is 36.3 Å². The van der Waals surface area contributed by atoms with Crippen LogP contribution >= 0.6 is 11.8 Å². The summed E-state index contributed by atoms with van der Waals surface area (Å²) >= 11 is 1.99. The Morgan fingerprint density at radius 2 is 2.00 bits per heavy atom. The first-order valence-corrected chi connectivity index (χ1v) is 6.76. The first-order chi connectivity index (χ1) is 7.45. The Balaban J connectivity index is 1.68. The van der Waals surface area contributed by atoms with Crippen molar-refractivity contribution in [3.05, 3.63) is 42.5 Å². The molecule has 2 rings (SSSR count). The number of allylic oxidation sites excluding steroid dienone is 2. The van der Waals surface area contributed by atoms with Crippen molar-refractivity contribution in [3.63, 3.8) is 0 Å². The summed E-state index contributed by atoms with van der Waals surface area (Å²) in [4.78, 5) is 1.41. The number of hydrogen-bond donors (Lipinski definition) is 0. The van der Waals surface area contributed by atoms with Crippen LogP contribution in [0.3, 0.4) is 0 Å². The van der Waals surface area contributed by atoms with Gasteiger partial charge in [0.25, 0.3) is 0 Å². The highest BCUT2D eigenvalue weighted by atomic mass is 32.2. The molecule has 1 aromatic carbocycles. The molecule has 0 saturated heterocycles. The molecule has 0 amide bonds. The van der Waals surface area contributed by atoms with E-state index in [0.717, 1.165) is 5.92 Å². The number of thioether (sulfide) groups is 1. The molecule has 0 unspecified atom stereocenters. The summed E-state index contributed by atoms with van der Waals surface area (Å²) in [6.45, 7) is 0. The van der Waals surface area contributed by atoms with E-state index in [1.54, 1.807) is 0 Å². The third-order valence-corrected chi connectivity index (χ3v) is 3.96. The minimum atomic E-state index is 0.936. The van der Waals surface area contributed by atoms with Crippen LogP contribution in [0.25, 0.3) is 0 Å². The molecule has 0 saturated carbocycles. The number of benzene rings is 1. The van der Waals surface area contributed by atoms with Crippen molar-refractivity contribution in [2.75, 3.05) is 5.75 Å². The van der Waals surface area contributed by atoms with Gasteiger partial charge in [-0.25, -0.2) is 0 Å². The summed E-state index contributed by atoms with van der Waals surface area (Å²) in [6, 6.07) is 10.7. The van der Waals surface area contributed by atoms with Gasteiger partial charge in [-0.3, -0.25) is 0 Å². The summed E-state index contributed by atoms with van der Waals surface area (Å²) in [5.41, 5.74) is 0. The Bertz CT molecular complexity index is 302. The van der Waals surface area contributed by atoms with Crippen molar-refractivity contribution < 1.29 is 0 Å². The van der Waals surface area contributed by atoms with Crippen molar-refractivity contribution in [2.45, 2.75) is 30.6 Å². The molecular weight excluding hydrogens is 200 g/mol. The second-order valence-electron chi connectivity index (χ2n) is 4.10. The normalized spacial score (nSPS) is 20.4. The quantitative estimate of drug-likeness (QED) is 0.528. The van der Waals surface area contributed by atoms with Crippen LogP contribution in [0.15, 0.2) is 47.4 Å². The summed E-state index contributed by atoms with van der Waals surface area (Å²) < 4.78 is 0. The van der Waals surface area contributed by atoms with Gasteiger partial charge in [-0.15, -0.1) is 11.8 Å². The van der Waals surface area contributed by atoms with Crippen LogP contribution in [0, 0.1) is 5.92 Å². The van der Waals surface area contributed by atoms with Gasteiger partial charge in [0.1, 0.15) is 0 Å². The highest BCUT2D eigenvalue weighted by molar-refractivity contribution is 7.99. The van der Waals surface area contributed by atoms with E-state index in [4.69, 9.17) is 0 Å². The number of rotatable bonds is 4. The van der Waals surface area contributed by atoms with Gasteiger partial charge >= 0.3 is 0 Å². The standard InChI is InChI=1S/C14H18S/c1-3-7-13(8-4-1)11-12-15-14-9-5-2-6-10-14/h1-3,5-6,9-10,13H,4,7-8,11-12H2/t13-/m1/s1. The smallest absolute Gasteiger partial charge is 0.00719 e. The van der Waals surface area contributed by atoms with E-state index in [-0.39, 0.29) is 0 Å².